The second-order valence-electron chi connectivity index (χ2n) is 5.84. The molecule has 1 N–H and O–H groups in total. The van der Waals surface area contributed by atoms with Gasteiger partial charge in [0, 0.05) is 6.61 Å². The molecule has 3 rings (SSSR count). The van der Waals surface area contributed by atoms with E-state index in [1.807, 2.05) is 6.07 Å². The molecule has 0 bridgehead atoms. The van der Waals surface area contributed by atoms with Gasteiger partial charge in [0.05, 0.1) is 17.0 Å². The lowest BCUT2D eigenvalue weighted by molar-refractivity contribution is -0.147. The van der Waals surface area contributed by atoms with Gasteiger partial charge in [-0.3, -0.25) is 4.79 Å². The van der Waals surface area contributed by atoms with Gasteiger partial charge in [0.15, 0.2) is 0 Å². The fourth-order valence-electron chi connectivity index (χ4n) is 3.03. The van der Waals surface area contributed by atoms with Gasteiger partial charge in [0.2, 0.25) is 0 Å². The summed E-state index contributed by atoms with van der Waals surface area (Å²) in [7, 11) is 0. The minimum atomic E-state index is -0.765. The van der Waals surface area contributed by atoms with Crippen molar-refractivity contribution >= 4 is 17.6 Å². The third-order valence-corrected chi connectivity index (χ3v) is 4.81. The highest BCUT2D eigenvalue weighted by molar-refractivity contribution is 6.32. The Labute approximate surface area is 129 Å². The highest BCUT2D eigenvalue weighted by atomic mass is 35.5. The number of carboxylic acid groups (broad SMARTS) is 1. The lowest BCUT2D eigenvalue weighted by Crippen LogP contribution is -2.42. The van der Waals surface area contributed by atoms with Crippen molar-refractivity contribution in [3.8, 4) is 5.75 Å². The van der Waals surface area contributed by atoms with Crippen molar-refractivity contribution in [3.63, 3.8) is 0 Å². The number of ether oxygens (including phenoxy) is 2. The summed E-state index contributed by atoms with van der Waals surface area (Å²) >= 11 is 6.28. The first-order chi connectivity index (χ1) is 10.1. The SMILES string of the molecule is O=C(O)C1(c2ccc(OC3CCCOC3)c(Cl)c2)CCC1. The van der Waals surface area contributed by atoms with Crippen LogP contribution in [0.25, 0.3) is 0 Å². The van der Waals surface area contributed by atoms with Gasteiger partial charge in [-0.05, 0) is 43.4 Å². The van der Waals surface area contributed by atoms with Crippen LogP contribution in [-0.4, -0.2) is 30.4 Å². The zero-order chi connectivity index (χ0) is 14.9. The van der Waals surface area contributed by atoms with Crippen LogP contribution < -0.4 is 4.74 Å². The highest BCUT2D eigenvalue weighted by Gasteiger charge is 2.46. The number of rotatable bonds is 4. The monoisotopic (exact) mass is 310 g/mol. The molecule has 0 spiro atoms. The molecule has 1 saturated heterocycles. The zero-order valence-electron chi connectivity index (χ0n) is 11.8. The van der Waals surface area contributed by atoms with E-state index in [9.17, 15) is 9.90 Å². The number of benzene rings is 1. The Kier molecular flexibility index (Phi) is 4.09. The maximum Gasteiger partial charge on any atom is 0.314 e. The summed E-state index contributed by atoms with van der Waals surface area (Å²) in [6.45, 7) is 1.37. The maximum atomic E-state index is 11.5. The predicted molar refractivity (Wildman–Crippen MR) is 79.1 cm³/mol. The first-order valence-corrected chi connectivity index (χ1v) is 7.77. The Balaban J connectivity index is 1.78. The van der Waals surface area contributed by atoms with Crippen molar-refractivity contribution in [2.24, 2.45) is 0 Å². The summed E-state index contributed by atoms with van der Waals surface area (Å²) in [6.07, 6.45) is 4.27. The van der Waals surface area contributed by atoms with Crippen LogP contribution in [-0.2, 0) is 14.9 Å². The molecule has 5 heteroatoms. The number of hydrogen-bond acceptors (Lipinski definition) is 3. The van der Waals surface area contributed by atoms with Crippen molar-refractivity contribution in [2.45, 2.75) is 43.6 Å². The van der Waals surface area contributed by atoms with Crippen molar-refractivity contribution in [2.75, 3.05) is 13.2 Å². The van der Waals surface area contributed by atoms with E-state index < -0.39 is 11.4 Å². The van der Waals surface area contributed by atoms with Crippen molar-refractivity contribution < 1.29 is 19.4 Å². The zero-order valence-corrected chi connectivity index (χ0v) is 12.6. The summed E-state index contributed by atoms with van der Waals surface area (Å²) in [5.41, 5.74) is 0.0225. The predicted octanol–water partition coefficient (Wildman–Crippen LogP) is 3.40. The van der Waals surface area contributed by atoms with E-state index in [4.69, 9.17) is 21.1 Å². The summed E-state index contributed by atoms with van der Waals surface area (Å²) in [6, 6.07) is 5.36. The second kappa shape index (κ2) is 5.85. The number of hydrogen-bond donors (Lipinski definition) is 1. The molecule has 1 aliphatic heterocycles. The van der Waals surface area contributed by atoms with Crippen LogP contribution in [0.2, 0.25) is 5.02 Å². The number of carboxylic acids is 1. The van der Waals surface area contributed by atoms with Crippen LogP contribution in [0.15, 0.2) is 18.2 Å². The van der Waals surface area contributed by atoms with Crippen LogP contribution in [0, 0.1) is 0 Å². The minimum absolute atomic E-state index is 0.0271. The molecule has 1 atom stereocenters. The molecule has 114 valence electrons. The van der Waals surface area contributed by atoms with E-state index in [1.54, 1.807) is 12.1 Å². The summed E-state index contributed by atoms with van der Waals surface area (Å²) in [5.74, 6) is -0.157. The Hall–Kier alpha value is -1.26. The van der Waals surface area contributed by atoms with Crippen molar-refractivity contribution in [1.82, 2.24) is 0 Å². The molecule has 1 aliphatic carbocycles. The van der Waals surface area contributed by atoms with Crippen LogP contribution in [0.4, 0.5) is 0 Å². The van der Waals surface area contributed by atoms with Crippen molar-refractivity contribution in [1.29, 1.82) is 0 Å². The van der Waals surface area contributed by atoms with Gasteiger partial charge in [0.1, 0.15) is 11.9 Å². The third-order valence-electron chi connectivity index (χ3n) is 4.51. The number of halogens is 1. The number of carbonyl (C=O) groups is 1. The Bertz CT molecular complexity index is 533. The molecule has 1 aromatic rings. The third kappa shape index (κ3) is 2.74. The molecule has 1 saturated carbocycles. The average Bonchev–Trinajstić information content (AvgIpc) is 2.41. The largest absolute Gasteiger partial charge is 0.486 e. The highest BCUT2D eigenvalue weighted by Crippen LogP contribution is 2.45. The molecule has 0 amide bonds. The van der Waals surface area contributed by atoms with E-state index in [1.165, 1.54) is 0 Å². The lowest BCUT2D eigenvalue weighted by atomic mass is 9.64. The Morgan fingerprint density at radius 1 is 1.38 bits per heavy atom. The van der Waals surface area contributed by atoms with E-state index in [-0.39, 0.29) is 6.10 Å². The Morgan fingerprint density at radius 3 is 2.71 bits per heavy atom. The van der Waals surface area contributed by atoms with Crippen LogP contribution >= 0.6 is 11.6 Å². The van der Waals surface area contributed by atoms with Crippen LogP contribution in [0.1, 0.15) is 37.7 Å². The van der Waals surface area contributed by atoms with E-state index >= 15 is 0 Å². The summed E-state index contributed by atoms with van der Waals surface area (Å²) in [4.78, 5) is 11.5. The first kappa shape index (κ1) is 14.7. The Morgan fingerprint density at radius 2 is 2.19 bits per heavy atom. The molecule has 1 aromatic carbocycles. The van der Waals surface area contributed by atoms with Gasteiger partial charge in [-0.2, -0.15) is 0 Å². The molecule has 4 nitrogen and oxygen atoms in total. The average molecular weight is 311 g/mol. The molecule has 0 radical (unpaired) electrons. The van der Waals surface area contributed by atoms with E-state index in [2.05, 4.69) is 0 Å². The minimum Gasteiger partial charge on any atom is -0.486 e. The molecule has 2 fully saturated rings. The van der Waals surface area contributed by atoms with Gasteiger partial charge in [-0.1, -0.05) is 24.1 Å². The standard InChI is InChI=1S/C16H19ClO4/c17-13-9-11(16(15(18)19)6-2-7-16)4-5-14(13)21-12-3-1-8-20-10-12/h4-5,9,12H,1-3,6-8,10H2,(H,18,19). The molecule has 2 aliphatic rings. The van der Waals surface area contributed by atoms with E-state index in [0.29, 0.717) is 30.2 Å². The summed E-state index contributed by atoms with van der Waals surface area (Å²) in [5, 5.41) is 9.94. The van der Waals surface area contributed by atoms with Crippen LogP contribution in [0.5, 0.6) is 5.75 Å². The lowest BCUT2D eigenvalue weighted by Gasteiger charge is -2.38. The topological polar surface area (TPSA) is 55.8 Å². The second-order valence-corrected chi connectivity index (χ2v) is 6.25. The molecular formula is C16H19ClO4. The fraction of sp³-hybridized carbons (Fsp3) is 0.562. The van der Waals surface area contributed by atoms with Gasteiger partial charge in [-0.15, -0.1) is 0 Å². The van der Waals surface area contributed by atoms with Crippen molar-refractivity contribution in [3.05, 3.63) is 28.8 Å². The van der Waals surface area contributed by atoms with E-state index in [0.717, 1.165) is 31.4 Å². The normalized spacial score (nSPS) is 24.1. The van der Waals surface area contributed by atoms with Gasteiger partial charge in [0.25, 0.3) is 0 Å². The molecule has 21 heavy (non-hydrogen) atoms. The summed E-state index contributed by atoms with van der Waals surface area (Å²) < 4.78 is 11.2. The molecule has 1 unspecified atom stereocenters. The first-order valence-electron chi connectivity index (χ1n) is 7.40. The van der Waals surface area contributed by atoms with Gasteiger partial charge < -0.3 is 14.6 Å². The maximum absolute atomic E-state index is 11.5. The number of aliphatic carboxylic acids is 1. The van der Waals surface area contributed by atoms with Gasteiger partial charge in [-0.25, -0.2) is 0 Å². The molecule has 0 aromatic heterocycles. The fourth-order valence-corrected chi connectivity index (χ4v) is 3.26. The quantitative estimate of drug-likeness (QED) is 0.926. The van der Waals surface area contributed by atoms with Gasteiger partial charge >= 0.3 is 5.97 Å². The van der Waals surface area contributed by atoms with Crippen LogP contribution in [0.3, 0.4) is 0 Å². The molecule has 1 heterocycles. The smallest absolute Gasteiger partial charge is 0.314 e. The molecular weight excluding hydrogens is 292 g/mol.